The predicted molar refractivity (Wildman–Crippen MR) is 141 cm³/mol. The first-order valence-corrected chi connectivity index (χ1v) is 12.9. The first kappa shape index (κ1) is 27.4. The van der Waals surface area contributed by atoms with Gasteiger partial charge in [-0.2, -0.15) is 0 Å². The van der Waals surface area contributed by atoms with Crippen molar-refractivity contribution in [2.75, 3.05) is 13.1 Å². The molecule has 0 saturated carbocycles. The summed E-state index contributed by atoms with van der Waals surface area (Å²) in [5, 5.41) is 17.2. The number of aliphatic hydroxyl groups is 1. The molecule has 1 aliphatic heterocycles. The molecule has 0 fully saturated rings. The topological polar surface area (TPSA) is 81.7 Å². The number of amides is 2. The monoisotopic (exact) mass is 521 g/mol. The zero-order chi connectivity index (χ0) is 27.2. The number of benzene rings is 3. The van der Waals surface area contributed by atoms with E-state index in [1.807, 2.05) is 18.2 Å². The minimum Gasteiger partial charge on any atom is -0.390 e. The van der Waals surface area contributed by atoms with Gasteiger partial charge in [-0.1, -0.05) is 49.4 Å². The molecular weight excluding hydrogens is 488 g/mol. The normalized spacial score (nSPS) is 16.3. The average Bonchev–Trinajstić information content (AvgIpc) is 3.19. The van der Waals surface area contributed by atoms with E-state index in [1.165, 1.54) is 22.6 Å². The van der Waals surface area contributed by atoms with Gasteiger partial charge in [0.15, 0.2) is 0 Å². The third-order valence-corrected chi connectivity index (χ3v) is 6.90. The van der Waals surface area contributed by atoms with Crippen molar-refractivity contribution >= 4 is 11.8 Å². The summed E-state index contributed by atoms with van der Waals surface area (Å²) >= 11 is 0. The van der Waals surface area contributed by atoms with Crippen LogP contribution in [0.2, 0.25) is 0 Å². The van der Waals surface area contributed by atoms with Gasteiger partial charge in [0, 0.05) is 31.3 Å². The zero-order valence-electron chi connectivity index (χ0n) is 21.6. The second-order valence-corrected chi connectivity index (χ2v) is 9.55. The van der Waals surface area contributed by atoms with Crippen molar-refractivity contribution in [2.24, 2.45) is 0 Å². The Labute approximate surface area is 221 Å². The van der Waals surface area contributed by atoms with Crippen LogP contribution >= 0.6 is 0 Å². The zero-order valence-corrected chi connectivity index (χ0v) is 21.6. The van der Waals surface area contributed by atoms with Crippen molar-refractivity contribution in [2.45, 2.75) is 51.4 Å². The molecule has 0 spiro atoms. The molecule has 0 bridgehead atoms. The molecule has 3 aromatic carbocycles. The third kappa shape index (κ3) is 6.26. The van der Waals surface area contributed by atoms with Crippen LogP contribution in [0.15, 0.2) is 66.7 Å². The molecule has 4 rings (SSSR count). The van der Waals surface area contributed by atoms with Crippen LogP contribution < -0.4 is 10.6 Å². The van der Waals surface area contributed by atoms with Gasteiger partial charge in [0.25, 0.3) is 5.91 Å². The van der Waals surface area contributed by atoms with Gasteiger partial charge in [0.1, 0.15) is 17.7 Å². The maximum Gasteiger partial charge on any atom is 0.255 e. The van der Waals surface area contributed by atoms with Gasteiger partial charge in [-0.15, -0.1) is 0 Å². The van der Waals surface area contributed by atoms with Crippen molar-refractivity contribution in [3.05, 3.63) is 106 Å². The van der Waals surface area contributed by atoms with Gasteiger partial charge in [-0.3, -0.25) is 9.59 Å². The number of hydrogen-bond acceptors (Lipinski definition) is 4. The van der Waals surface area contributed by atoms with Crippen LogP contribution in [-0.2, 0) is 24.2 Å². The molecule has 8 heteroatoms. The standard InChI is InChI=1S/C30H33F2N3O3/c1-3-19-8-7-9-20(12-19)17-33-18-27(36)26(15-21-13-22(31)16-23(32)14-21)34-29(37)28-24-10-5-6-11-25(24)30(38)35(28)4-2/h5-14,16,26-28,33,36H,3-4,15,17-18H2,1-2H3,(H,34,37)/t26-,27-,28?/m0/s1. The molecule has 6 nitrogen and oxygen atoms in total. The largest absolute Gasteiger partial charge is 0.390 e. The minimum absolute atomic E-state index is 0.00300. The van der Waals surface area contributed by atoms with E-state index >= 15 is 0 Å². The highest BCUT2D eigenvalue weighted by molar-refractivity contribution is 6.04. The third-order valence-electron chi connectivity index (χ3n) is 6.90. The quantitative estimate of drug-likeness (QED) is 0.357. The molecule has 1 heterocycles. The van der Waals surface area contributed by atoms with Gasteiger partial charge in [-0.05, 0) is 60.2 Å². The van der Waals surface area contributed by atoms with E-state index in [2.05, 4.69) is 23.6 Å². The maximum absolute atomic E-state index is 13.9. The summed E-state index contributed by atoms with van der Waals surface area (Å²) in [6.07, 6.45) is -0.151. The summed E-state index contributed by atoms with van der Waals surface area (Å²) in [7, 11) is 0. The number of likely N-dealkylation sites (N-methyl/N-ethyl adjacent to an activating group) is 1. The number of aryl methyl sites for hydroxylation is 1. The van der Waals surface area contributed by atoms with Gasteiger partial charge >= 0.3 is 0 Å². The van der Waals surface area contributed by atoms with Crippen LogP contribution in [0.4, 0.5) is 8.78 Å². The number of hydrogen-bond donors (Lipinski definition) is 3. The molecule has 200 valence electrons. The highest BCUT2D eigenvalue weighted by Crippen LogP contribution is 2.33. The highest BCUT2D eigenvalue weighted by atomic mass is 19.1. The van der Waals surface area contributed by atoms with E-state index < -0.39 is 35.7 Å². The molecule has 1 unspecified atom stereocenters. The fourth-order valence-electron chi connectivity index (χ4n) is 4.97. The number of carbonyl (C=O) groups excluding carboxylic acids is 2. The molecule has 3 N–H and O–H groups in total. The number of carbonyl (C=O) groups is 2. The van der Waals surface area contributed by atoms with Crippen LogP contribution in [0.1, 0.15) is 52.5 Å². The minimum atomic E-state index is -1.07. The molecule has 0 radical (unpaired) electrons. The smallest absolute Gasteiger partial charge is 0.255 e. The Kier molecular flexibility index (Phi) is 8.86. The Morgan fingerprint density at radius 2 is 1.68 bits per heavy atom. The Morgan fingerprint density at radius 1 is 0.974 bits per heavy atom. The van der Waals surface area contributed by atoms with Crippen molar-refractivity contribution in [3.8, 4) is 0 Å². The lowest BCUT2D eigenvalue weighted by Crippen LogP contribution is -2.51. The van der Waals surface area contributed by atoms with E-state index in [4.69, 9.17) is 0 Å². The Hall–Kier alpha value is -3.62. The number of aliphatic hydroxyl groups excluding tert-OH is 1. The van der Waals surface area contributed by atoms with Crippen LogP contribution in [0.25, 0.3) is 0 Å². The van der Waals surface area contributed by atoms with Gasteiger partial charge in [0.05, 0.1) is 12.1 Å². The van der Waals surface area contributed by atoms with Crippen molar-refractivity contribution in [3.63, 3.8) is 0 Å². The van der Waals surface area contributed by atoms with Gasteiger partial charge in [0.2, 0.25) is 5.91 Å². The van der Waals surface area contributed by atoms with Crippen LogP contribution in [0, 0.1) is 11.6 Å². The summed E-state index contributed by atoms with van der Waals surface area (Å²) in [5.41, 5.74) is 3.63. The number of halogens is 2. The average molecular weight is 522 g/mol. The van der Waals surface area contributed by atoms with Gasteiger partial charge in [-0.25, -0.2) is 8.78 Å². The second kappa shape index (κ2) is 12.3. The van der Waals surface area contributed by atoms with Gasteiger partial charge < -0.3 is 20.6 Å². The molecular formula is C30H33F2N3O3. The SMILES string of the molecule is CCc1cccc(CNC[C@H](O)[C@H](Cc2cc(F)cc(F)c2)NC(=O)C2c3ccccc3C(=O)N2CC)c1. The Balaban J connectivity index is 1.52. The van der Waals surface area contributed by atoms with E-state index in [0.717, 1.165) is 18.1 Å². The van der Waals surface area contributed by atoms with E-state index in [-0.39, 0.29) is 18.9 Å². The maximum atomic E-state index is 13.9. The molecule has 3 atom stereocenters. The van der Waals surface area contributed by atoms with Crippen LogP contribution in [0.5, 0.6) is 0 Å². The molecule has 0 aliphatic carbocycles. The summed E-state index contributed by atoms with van der Waals surface area (Å²) in [5.74, 6) is -2.16. The first-order chi connectivity index (χ1) is 18.3. The van der Waals surface area contributed by atoms with Crippen molar-refractivity contribution in [1.29, 1.82) is 0 Å². The molecule has 1 aliphatic rings. The summed E-state index contributed by atoms with van der Waals surface area (Å²) in [6, 6.07) is 16.5. The lowest BCUT2D eigenvalue weighted by atomic mass is 9.98. The molecule has 0 aromatic heterocycles. The number of fused-ring (bicyclic) bond motifs is 1. The van der Waals surface area contributed by atoms with Crippen molar-refractivity contribution in [1.82, 2.24) is 15.5 Å². The lowest BCUT2D eigenvalue weighted by molar-refractivity contribution is -0.127. The predicted octanol–water partition coefficient (Wildman–Crippen LogP) is 3.92. The highest BCUT2D eigenvalue weighted by Gasteiger charge is 2.41. The number of nitrogens with one attached hydrogen (secondary N) is 2. The molecule has 38 heavy (non-hydrogen) atoms. The number of rotatable bonds is 11. The molecule has 0 saturated heterocycles. The Morgan fingerprint density at radius 3 is 2.39 bits per heavy atom. The van der Waals surface area contributed by atoms with E-state index in [0.29, 0.717) is 29.8 Å². The van der Waals surface area contributed by atoms with Crippen molar-refractivity contribution < 1.29 is 23.5 Å². The molecule has 2 amide bonds. The van der Waals surface area contributed by atoms with E-state index in [1.54, 1.807) is 31.2 Å². The lowest BCUT2D eigenvalue weighted by Gasteiger charge is -2.29. The van der Waals surface area contributed by atoms with E-state index in [9.17, 15) is 23.5 Å². The summed E-state index contributed by atoms with van der Waals surface area (Å²) in [6.45, 7) is 4.84. The fraction of sp³-hybridized carbons (Fsp3) is 0.333. The van der Waals surface area contributed by atoms with Crippen LogP contribution in [-0.4, -0.2) is 47.1 Å². The van der Waals surface area contributed by atoms with Crippen LogP contribution in [0.3, 0.4) is 0 Å². The first-order valence-electron chi connectivity index (χ1n) is 12.9. The summed E-state index contributed by atoms with van der Waals surface area (Å²) < 4.78 is 27.8. The number of nitrogens with zero attached hydrogens (tertiary/aromatic N) is 1. The molecule has 3 aromatic rings. The Bertz CT molecular complexity index is 1280. The summed E-state index contributed by atoms with van der Waals surface area (Å²) in [4.78, 5) is 27.9. The second-order valence-electron chi connectivity index (χ2n) is 9.55. The fourth-order valence-corrected chi connectivity index (χ4v) is 4.97.